The van der Waals surface area contributed by atoms with E-state index in [1.807, 2.05) is 24.3 Å². The minimum atomic E-state index is -0.998. The highest BCUT2D eigenvalue weighted by atomic mass is 32.2. The van der Waals surface area contributed by atoms with Gasteiger partial charge < -0.3 is 14.8 Å². The predicted molar refractivity (Wildman–Crippen MR) is 99.3 cm³/mol. The quantitative estimate of drug-likeness (QED) is 0.714. The Labute approximate surface area is 155 Å². The van der Waals surface area contributed by atoms with Crippen molar-refractivity contribution in [3.05, 3.63) is 65.2 Å². The van der Waals surface area contributed by atoms with Crippen molar-refractivity contribution in [2.24, 2.45) is 0 Å². The Morgan fingerprint density at radius 1 is 1.08 bits per heavy atom. The van der Waals surface area contributed by atoms with Gasteiger partial charge in [0.15, 0.2) is 6.61 Å². The minimum absolute atomic E-state index is 0.311. The fourth-order valence-corrected chi connectivity index (χ4v) is 2.92. The number of ether oxygens (including phenoxy) is 2. The maximum atomic E-state index is 12.1. The van der Waals surface area contributed by atoms with Crippen LogP contribution in [0.1, 0.15) is 21.5 Å². The molecule has 0 radical (unpaired) electrons. The Balaban J connectivity index is 1.83. The van der Waals surface area contributed by atoms with Gasteiger partial charge in [0, 0.05) is 29.4 Å². The summed E-state index contributed by atoms with van der Waals surface area (Å²) < 4.78 is 21.4. The lowest BCUT2D eigenvalue weighted by atomic mass is 10.1. The van der Waals surface area contributed by atoms with Crippen LogP contribution < -0.4 is 10.1 Å². The zero-order valence-corrected chi connectivity index (χ0v) is 15.5. The van der Waals surface area contributed by atoms with Crippen LogP contribution in [-0.2, 0) is 32.6 Å². The van der Waals surface area contributed by atoms with Crippen LogP contribution in [0.25, 0.3) is 0 Å². The van der Waals surface area contributed by atoms with Crippen molar-refractivity contribution in [2.45, 2.75) is 12.3 Å². The van der Waals surface area contributed by atoms with Crippen LogP contribution in [0.2, 0.25) is 0 Å². The SMILES string of the molecule is COc1cccc(CNC(=O)COC(=O)c2cccc(CS(C)=O)c2)c1. The van der Waals surface area contributed by atoms with Gasteiger partial charge in [0.1, 0.15) is 5.75 Å². The molecule has 1 N–H and O–H groups in total. The average Bonchev–Trinajstić information content (AvgIpc) is 2.64. The summed E-state index contributed by atoms with van der Waals surface area (Å²) in [6.45, 7) is -0.0574. The highest BCUT2D eigenvalue weighted by molar-refractivity contribution is 7.83. The van der Waals surface area contributed by atoms with Gasteiger partial charge in [0.2, 0.25) is 0 Å². The highest BCUT2D eigenvalue weighted by Gasteiger charge is 2.11. The number of methoxy groups -OCH3 is 1. The second kappa shape index (κ2) is 9.72. The van der Waals surface area contributed by atoms with Gasteiger partial charge in [-0.15, -0.1) is 0 Å². The summed E-state index contributed by atoms with van der Waals surface area (Å²) in [5.41, 5.74) is 1.99. The number of rotatable bonds is 8. The molecule has 1 amide bonds. The maximum Gasteiger partial charge on any atom is 0.338 e. The summed E-state index contributed by atoms with van der Waals surface area (Å²) in [7, 11) is 0.576. The van der Waals surface area contributed by atoms with E-state index in [0.29, 0.717) is 23.6 Å². The summed E-state index contributed by atoms with van der Waals surface area (Å²) in [6, 6.07) is 14.0. The molecule has 0 heterocycles. The maximum absolute atomic E-state index is 12.1. The third-order valence-electron chi connectivity index (χ3n) is 3.49. The number of nitrogens with one attached hydrogen (secondary N) is 1. The summed E-state index contributed by atoms with van der Waals surface area (Å²) >= 11 is 0. The molecule has 0 aromatic heterocycles. The van der Waals surface area contributed by atoms with Gasteiger partial charge in [0.25, 0.3) is 5.91 Å². The van der Waals surface area contributed by atoms with E-state index >= 15 is 0 Å². The molecule has 0 bridgehead atoms. The van der Waals surface area contributed by atoms with E-state index < -0.39 is 22.7 Å². The second-order valence-corrected chi connectivity index (χ2v) is 7.06. The first-order chi connectivity index (χ1) is 12.5. The number of esters is 1. The molecule has 1 atom stereocenters. The summed E-state index contributed by atoms with van der Waals surface area (Å²) in [4.78, 5) is 23.9. The minimum Gasteiger partial charge on any atom is -0.497 e. The summed E-state index contributed by atoms with van der Waals surface area (Å²) in [5.74, 6) is 0.0793. The Bertz CT molecular complexity index is 806. The van der Waals surface area contributed by atoms with Gasteiger partial charge in [-0.2, -0.15) is 0 Å². The number of hydrogen-bond acceptors (Lipinski definition) is 5. The monoisotopic (exact) mass is 375 g/mol. The molecule has 2 rings (SSSR count). The number of carbonyl (C=O) groups is 2. The first-order valence-electron chi connectivity index (χ1n) is 7.93. The third-order valence-corrected chi connectivity index (χ3v) is 4.23. The Morgan fingerprint density at radius 2 is 1.81 bits per heavy atom. The van der Waals surface area contributed by atoms with E-state index in [1.54, 1.807) is 37.6 Å². The Kier molecular flexibility index (Phi) is 7.35. The molecule has 2 aromatic carbocycles. The highest BCUT2D eigenvalue weighted by Crippen LogP contribution is 2.12. The van der Waals surface area contributed by atoms with E-state index in [9.17, 15) is 13.8 Å². The molecule has 0 aliphatic rings. The van der Waals surface area contributed by atoms with Gasteiger partial charge in [-0.1, -0.05) is 24.3 Å². The normalized spacial score (nSPS) is 11.5. The molecule has 6 nitrogen and oxygen atoms in total. The van der Waals surface area contributed by atoms with Gasteiger partial charge in [0.05, 0.1) is 12.7 Å². The van der Waals surface area contributed by atoms with Crippen molar-refractivity contribution in [1.29, 1.82) is 0 Å². The molecule has 1 unspecified atom stereocenters. The molecule has 7 heteroatoms. The lowest BCUT2D eigenvalue weighted by Crippen LogP contribution is -2.28. The van der Waals surface area contributed by atoms with E-state index in [2.05, 4.69) is 5.32 Å². The molecule has 0 saturated carbocycles. The first kappa shape index (κ1) is 19.7. The van der Waals surface area contributed by atoms with Crippen molar-refractivity contribution in [1.82, 2.24) is 5.32 Å². The lowest BCUT2D eigenvalue weighted by molar-refractivity contribution is -0.124. The van der Waals surface area contributed by atoms with Crippen LogP contribution in [0.15, 0.2) is 48.5 Å². The molecule has 0 aliphatic heterocycles. The van der Waals surface area contributed by atoms with Crippen LogP contribution in [0.3, 0.4) is 0 Å². The second-order valence-electron chi connectivity index (χ2n) is 5.62. The molecule has 138 valence electrons. The van der Waals surface area contributed by atoms with E-state index in [0.717, 1.165) is 11.1 Å². The fraction of sp³-hybridized carbons (Fsp3) is 0.263. The third kappa shape index (κ3) is 6.33. The van der Waals surface area contributed by atoms with Gasteiger partial charge in [-0.05, 0) is 35.4 Å². The van der Waals surface area contributed by atoms with Crippen molar-refractivity contribution < 1.29 is 23.3 Å². The van der Waals surface area contributed by atoms with Crippen molar-refractivity contribution in [3.63, 3.8) is 0 Å². The van der Waals surface area contributed by atoms with Crippen LogP contribution in [-0.4, -0.2) is 36.1 Å². The lowest BCUT2D eigenvalue weighted by Gasteiger charge is -2.08. The van der Waals surface area contributed by atoms with Crippen LogP contribution in [0.5, 0.6) is 5.75 Å². The molecular weight excluding hydrogens is 354 g/mol. The predicted octanol–water partition coefficient (Wildman–Crippen LogP) is 2.05. The summed E-state index contributed by atoms with van der Waals surface area (Å²) in [6.07, 6.45) is 1.59. The Hall–Kier alpha value is -2.67. The van der Waals surface area contributed by atoms with E-state index in [1.165, 1.54) is 0 Å². The number of carbonyl (C=O) groups excluding carboxylic acids is 2. The van der Waals surface area contributed by atoms with Gasteiger partial charge in [-0.25, -0.2) is 4.79 Å². The molecule has 0 aliphatic carbocycles. The molecule has 0 saturated heterocycles. The average molecular weight is 375 g/mol. The zero-order chi connectivity index (χ0) is 18.9. The summed E-state index contributed by atoms with van der Waals surface area (Å²) in [5, 5.41) is 2.68. The topological polar surface area (TPSA) is 81.7 Å². The van der Waals surface area contributed by atoms with Crippen LogP contribution in [0, 0.1) is 0 Å². The standard InChI is InChI=1S/C19H21NO5S/c1-24-17-8-4-5-14(10-17)11-20-18(21)12-25-19(22)16-7-3-6-15(9-16)13-26(2)23/h3-10H,11-13H2,1-2H3,(H,20,21). The fourth-order valence-electron chi connectivity index (χ4n) is 2.27. The molecular formula is C19H21NO5S. The van der Waals surface area contributed by atoms with E-state index in [4.69, 9.17) is 9.47 Å². The van der Waals surface area contributed by atoms with Crippen molar-refractivity contribution >= 4 is 22.7 Å². The first-order valence-corrected chi connectivity index (χ1v) is 9.66. The van der Waals surface area contributed by atoms with Crippen LogP contribution >= 0.6 is 0 Å². The zero-order valence-electron chi connectivity index (χ0n) is 14.7. The van der Waals surface area contributed by atoms with Gasteiger partial charge in [-0.3, -0.25) is 9.00 Å². The smallest absolute Gasteiger partial charge is 0.338 e. The molecule has 2 aromatic rings. The van der Waals surface area contributed by atoms with Crippen molar-refractivity contribution in [3.8, 4) is 5.75 Å². The number of hydrogen-bond donors (Lipinski definition) is 1. The largest absolute Gasteiger partial charge is 0.497 e. The number of amides is 1. The molecule has 0 spiro atoms. The molecule has 26 heavy (non-hydrogen) atoms. The Morgan fingerprint density at radius 3 is 2.54 bits per heavy atom. The van der Waals surface area contributed by atoms with Gasteiger partial charge >= 0.3 is 5.97 Å². The number of benzene rings is 2. The van der Waals surface area contributed by atoms with Crippen molar-refractivity contribution in [2.75, 3.05) is 20.0 Å². The van der Waals surface area contributed by atoms with Crippen LogP contribution in [0.4, 0.5) is 0 Å². The molecule has 0 fully saturated rings. The van der Waals surface area contributed by atoms with E-state index in [-0.39, 0.29) is 6.61 Å².